The molecule has 7 heteroatoms. The quantitative estimate of drug-likeness (QED) is 0.278. The summed E-state index contributed by atoms with van der Waals surface area (Å²) in [6.45, 7) is 6.19. The molecule has 36 heavy (non-hydrogen) atoms. The van der Waals surface area contributed by atoms with E-state index in [1.54, 1.807) is 6.92 Å². The molecule has 0 saturated carbocycles. The van der Waals surface area contributed by atoms with Crippen molar-refractivity contribution in [3.05, 3.63) is 80.7 Å². The zero-order chi connectivity index (χ0) is 25.4. The predicted octanol–water partition coefficient (Wildman–Crippen LogP) is 7.48. The van der Waals surface area contributed by atoms with Crippen LogP contribution in [0.15, 0.2) is 48.5 Å². The first kappa shape index (κ1) is 24.5. The molecule has 0 fully saturated rings. The SMILES string of the molecule is CCOC(=O)c1c(NC(=O)c2c(C)c(-c3cccc(Cl)c3)nc3ccccc23)sc2c1CC[C@@H](C)C2. The Hall–Kier alpha value is -3.22. The van der Waals surface area contributed by atoms with E-state index in [4.69, 9.17) is 21.3 Å². The van der Waals surface area contributed by atoms with E-state index < -0.39 is 0 Å². The lowest BCUT2D eigenvalue weighted by molar-refractivity contribution is 0.0526. The molecule has 0 bridgehead atoms. The van der Waals surface area contributed by atoms with Crippen molar-refractivity contribution in [3.63, 3.8) is 0 Å². The summed E-state index contributed by atoms with van der Waals surface area (Å²) in [4.78, 5) is 32.9. The van der Waals surface area contributed by atoms with Gasteiger partial charge in [0.1, 0.15) is 5.00 Å². The lowest BCUT2D eigenvalue weighted by atomic mass is 9.88. The Kier molecular flexibility index (Phi) is 6.82. The average Bonchev–Trinajstić information content (AvgIpc) is 3.20. The highest BCUT2D eigenvalue weighted by Gasteiger charge is 2.30. The molecule has 1 aliphatic carbocycles. The van der Waals surface area contributed by atoms with Gasteiger partial charge in [-0.2, -0.15) is 0 Å². The van der Waals surface area contributed by atoms with Gasteiger partial charge in [0.15, 0.2) is 0 Å². The molecule has 1 aliphatic rings. The van der Waals surface area contributed by atoms with Crippen LogP contribution >= 0.6 is 22.9 Å². The van der Waals surface area contributed by atoms with E-state index in [1.165, 1.54) is 11.3 Å². The van der Waals surface area contributed by atoms with Gasteiger partial charge >= 0.3 is 5.97 Å². The summed E-state index contributed by atoms with van der Waals surface area (Å²) in [5, 5.41) is 5.00. The van der Waals surface area contributed by atoms with Crippen molar-refractivity contribution in [2.24, 2.45) is 5.92 Å². The number of carbonyl (C=O) groups excluding carboxylic acids is 2. The molecule has 184 valence electrons. The number of anilines is 1. The highest BCUT2D eigenvalue weighted by molar-refractivity contribution is 7.17. The van der Waals surface area contributed by atoms with Crippen LogP contribution in [0.5, 0.6) is 0 Å². The van der Waals surface area contributed by atoms with Crippen LogP contribution in [0.25, 0.3) is 22.2 Å². The molecule has 1 atom stereocenters. The molecule has 2 aromatic heterocycles. The Balaban J connectivity index is 1.62. The molecule has 1 N–H and O–H groups in total. The van der Waals surface area contributed by atoms with Crippen molar-refractivity contribution in [1.82, 2.24) is 4.98 Å². The number of esters is 1. The van der Waals surface area contributed by atoms with Gasteiger partial charge in [-0.05, 0) is 68.4 Å². The minimum atomic E-state index is -0.379. The van der Waals surface area contributed by atoms with Crippen molar-refractivity contribution in [3.8, 4) is 11.3 Å². The van der Waals surface area contributed by atoms with Crippen molar-refractivity contribution < 1.29 is 14.3 Å². The Morgan fingerprint density at radius 3 is 2.75 bits per heavy atom. The van der Waals surface area contributed by atoms with E-state index in [2.05, 4.69) is 12.2 Å². The number of benzene rings is 2. The van der Waals surface area contributed by atoms with E-state index in [1.807, 2.05) is 55.5 Å². The number of nitrogens with zero attached hydrogens (tertiary/aromatic N) is 1. The van der Waals surface area contributed by atoms with E-state index in [-0.39, 0.29) is 18.5 Å². The summed E-state index contributed by atoms with van der Waals surface area (Å²) in [6.07, 6.45) is 2.73. The standard InChI is InChI=1S/C29H27ClN2O3S/c1-4-35-29(34)25-21-13-12-16(2)14-23(21)36-28(25)32-27(33)24-17(3)26(18-8-7-9-19(30)15-18)31-22-11-6-5-10-20(22)24/h5-11,15-16H,4,12-14H2,1-3H3,(H,32,33)/t16-/m1/s1. The number of rotatable bonds is 5. The third kappa shape index (κ3) is 4.51. The van der Waals surface area contributed by atoms with E-state index in [0.717, 1.165) is 46.2 Å². The fourth-order valence-electron chi connectivity index (χ4n) is 4.94. The van der Waals surface area contributed by atoms with E-state index in [9.17, 15) is 9.59 Å². The minimum Gasteiger partial charge on any atom is -0.462 e. The minimum absolute atomic E-state index is 0.272. The zero-order valence-corrected chi connectivity index (χ0v) is 22.1. The summed E-state index contributed by atoms with van der Waals surface area (Å²) >= 11 is 7.75. The highest BCUT2D eigenvalue weighted by Crippen LogP contribution is 2.41. The molecular formula is C29H27ClN2O3S. The average molecular weight is 519 g/mol. The first-order valence-electron chi connectivity index (χ1n) is 12.2. The number of carbonyl (C=O) groups is 2. The van der Waals surface area contributed by atoms with Crippen LogP contribution in [0.1, 0.15) is 57.0 Å². The van der Waals surface area contributed by atoms with Gasteiger partial charge in [-0.1, -0.05) is 48.9 Å². The number of aromatic nitrogens is 1. The Morgan fingerprint density at radius 2 is 1.97 bits per heavy atom. The Labute approximate surface area is 219 Å². The third-order valence-corrected chi connectivity index (χ3v) is 8.08. The van der Waals surface area contributed by atoms with Crippen LogP contribution in [0.2, 0.25) is 5.02 Å². The number of thiophene rings is 1. The topological polar surface area (TPSA) is 68.3 Å². The number of hydrogen-bond acceptors (Lipinski definition) is 5. The molecule has 2 heterocycles. The summed E-state index contributed by atoms with van der Waals surface area (Å²) in [7, 11) is 0. The summed E-state index contributed by atoms with van der Waals surface area (Å²) in [6, 6.07) is 15.1. The maximum atomic E-state index is 13.9. The number of fused-ring (bicyclic) bond motifs is 2. The van der Waals surface area contributed by atoms with Gasteiger partial charge in [0, 0.05) is 20.8 Å². The summed E-state index contributed by atoms with van der Waals surface area (Å²) in [5.41, 5.74) is 5.06. The van der Waals surface area contributed by atoms with Gasteiger partial charge < -0.3 is 10.1 Å². The van der Waals surface area contributed by atoms with Gasteiger partial charge in [0.2, 0.25) is 0 Å². The number of amides is 1. The maximum absolute atomic E-state index is 13.9. The number of ether oxygens (including phenoxy) is 1. The lowest BCUT2D eigenvalue weighted by Gasteiger charge is -2.18. The lowest BCUT2D eigenvalue weighted by Crippen LogP contribution is -2.18. The monoisotopic (exact) mass is 518 g/mol. The second kappa shape index (κ2) is 10.0. The van der Waals surface area contributed by atoms with Gasteiger partial charge in [0.05, 0.1) is 28.9 Å². The van der Waals surface area contributed by atoms with Gasteiger partial charge in [-0.3, -0.25) is 4.79 Å². The molecule has 0 spiro atoms. The fraction of sp³-hybridized carbons (Fsp3) is 0.276. The molecule has 4 aromatic rings. The highest BCUT2D eigenvalue weighted by atomic mass is 35.5. The molecular weight excluding hydrogens is 492 g/mol. The van der Waals surface area contributed by atoms with Gasteiger partial charge in [-0.25, -0.2) is 9.78 Å². The molecule has 0 radical (unpaired) electrons. The van der Waals surface area contributed by atoms with E-state index >= 15 is 0 Å². The second-order valence-corrected chi connectivity index (χ2v) is 10.8. The van der Waals surface area contributed by atoms with Crippen LogP contribution in [0, 0.1) is 12.8 Å². The van der Waals surface area contributed by atoms with Crippen LogP contribution in [-0.4, -0.2) is 23.5 Å². The zero-order valence-electron chi connectivity index (χ0n) is 20.5. The van der Waals surface area contributed by atoms with Crippen LogP contribution < -0.4 is 5.32 Å². The largest absolute Gasteiger partial charge is 0.462 e. The first-order chi connectivity index (χ1) is 17.4. The van der Waals surface area contributed by atoms with Gasteiger partial charge in [-0.15, -0.1) is 11.3 Å². The van der Waals surface area contributed by atoms with E-state index in [0.29, 0.717) is 38.3 Å². The smallest absolute Gasteiger partial charge is 0.341 e. The predicted molar refractivity (Wildman–Crippen MR) is 146 cm³/mol. The number of nitrogens with one attached hydrogen (secondary N) is 1. The Bertz CT molecular complexity index is 1490. The molecule has 0 saturated heterocycles. The normalized spacial score (nSPS) is 14.9. The molecule has 1 amide bonds. The van der Waals surface area contributed by atoms with Gasteiger partial charge in [0.25, 0.3) is 5.91 Å². The van der Waals surface area contributed by atoms with Crippen molar-refractivity contribution in [2.45, 2.75) is 40.0 Å². The van der Waals surface area contributed by atoms with Crippen LogP contribution in [-0.2, 0) is 17.6 Å². The molecule has 2 aromatic carbocycles. The number of hydrogen-bond donors (Lipinski definition) is 1. The molecule has 0 unspecified atom stereocenters. The fourth-order valence-corrected chi connectivity index (χ4v) is 6.52. The maximum Gasteiger partial charge on any atom is 0.341 e. The third-order valence-electron chi connectivity index (χ3n) is 6.68. The molecule has 0 aliphatic heterocycles. The van der Waals surface area contributed by atoms with Crippen LogP contribution in [0.4, 0.5) is 5.00 Å². The number of halogens is 1. The Morgan fingerprint density at radius 1 is 1.17 bits per heavy atom. The second-order valence-electron chi connectivity index (χ2n) is 9.22. The van der Waals surface area contributed by atoms with Crippen molar-refractivity contribution in [2.75, 3.05) is 11.9 Å². The number of pyridine rings is 1. The van der Waals surface area contributed by atoms with Crippen molar-refractivity contribution >= 4 is 50.7 Å². The van der Waals surface area contributed by atoms with Crippen molar-refractivity contribution in [1.29, 1.82) is 0 Å². The molecule has 5 rings (SSSR count). The molecule has 5 nitrogen and oxygen atoms in total. The van der Waals surface area contributed by atoms with Crippen LogP contribution in [0.3, 0.4) is 0 Å². The summed E-state index contributed by atoms with van der Waals surface area (Å²) < 4.78 is 5.38. The summed E-state index contributed by atoms with van der Waals surface area (Å²) in [5.74, 6) is -0.108. The first-order valence-corrected chi connectivity index (χ1v) is 13.3. The number of para-hydroxylation sites is 1.